The summed E-state index contributed by atoms with van der Waals surface area (Å²) in [6.07, 6.45) is 2.53. The number of thiazole rings is 1. The number of hydrogen-bond acceptors (Lipinski definition) is 6. The van der Waals surface area contributed by atoms with Crippen molar-refractivity contribution in [1.29, 1.82) is 0 Å². The first-order valence-electron chi connectivity index (χ1n) is 7.30. The molecule has 2 aromatic rings. The van der Waals surface area contributed by atoms with Crippen LogP contribution in [0.25, 0.3) is 0 Å². The highest BCUT2D eigenvalue weighted by Crippen LogP contribution is 2.20. The van der Waals surface area contributed by atoms with Gasteiger partial charge in [-0.15, -0.1) is 0 Å². The van der Waals surface area contributed by atoms with Crippen molar-refractivity contribution < 1.29 is 14.8 Å². The lowest BCUT2D eigenvalue weighted by Crippen LogP contribution is -2.40. The van der Waals surface area contributed by atoms with Gasteiger partial charge in [0.2, 0.25) is 5.01 Å². The normalized spacial score (nSPS) is 12.6. The van der Waals surface area contributed by atoms with Crippen LogP contribution in [-0.2, 0) is 19.4 Å². The Morgan fingerprint density at radius 3 is 2.73 bits per heavy atom. The Morgan fingerprint density at radius 2 is 2.14 bits per heavy atom. The Labute approximate surface area is 134 Å². The molecule has 0 aliphatic carbocycles. The molecule has 0 aliphatic heterocycles. The number of nitrogens with zero attached hydrogens (tertiary/aromatic N) is 3. The third kappa shape index (κ3) is 3.79. The van der Waals surface area contributed by atoms with E-state index in [1.165, 1.54) is 0 Å². The van der Waals surface area contributed by atoms with Gasteiger partial charge < -0.3 is 15.9 Å². The van der Waals surface area contributed by atoms with Crippen LogP contribution in [0.1, 0.15) is 33.9 Å². The molecule has 0 amide bonds. The second-order valence-electron chi connectivity index (χ2n) is 5.44. The van der Waals surface area contributed by atoms with Gasteiger partial charge >= 0.3 is 0 Å². The molecule has 4 N–H and O–H groups in total. The molecule has 22 heavy (non-hydrogen) atoms. The quantitative estimate of drug-likeness (QED) is 0.674. The van der Waals surface area contributed by atoms with Crippen molar-refractivity contribution in [1.82, 2.24) is 9.97 Å². The van der Waals surface area contributed by atoms with Crippen LogP contribution < -0.4 is 10.3 Å². The first kappa shape index (κ1) is 16.8. The van der Waals surface area contributed by atoms with Crippen molar-refractivity contribution in [3.05, 3.63) is 33.2 Å². The van der Waals surface area contributed by atoms with E-state index >= 15 is 0 Å². The standard InChI is InChI=1S/C15H23N4O2S/c1-9(21)6-14-19(10(2)13(22-14)4-5-20)8-12-7-17-11(3)18-15(12)16/h7,9,20-21H,4-6,8H2,1-3H3,(H2,16,17,18)/q+1. The smallest absolute Gasteiger partial charge is 0.240 e. The highest BCUT2D eigenvalue weighted by molar-refractivity contribution is 7.11. The highest BCUT2D eigenvalue weighted by atomic mass is 32.1. The SMILES string of the molecule is Cc1ncc(C[n+]2c(CC(C)O)sc(CCO)c2C)c(N)n1. The number of aromatic nitrogens is 3. The molecule has 2 heterocycles. The van der Waals surface area contributed by atoms with Gasteiger partial charge in [0.25, 0.3) is 0 Å². The van der Waals surface area contributed by atoms with Crippen LogP contribution in [0.4, 0.5) is 5.82 Å². The van der Waals surface area contributed by atoms with Crippen molar-refractivity contribution in [2.24, 2.45) is 0 Å². The van der Waals surface area contributed by atoms with Crippen LogP contribution in [0.3, 0.4) is 0 Å². The molecule has 0 aliphatic rings. The molecule has 0 aromatic carbocycles. The number of aliphatic hydroxyl groups excluding tert-OH is 2. The van der Waals surface area contributed by atoms with Crippen LogP contribution in [0.2, 0.25) is 0 Å². The third-order valence-corrected chi connectivity index (χ3v) is 4.87. The summed E-state index contributed by atoms with van der Waals surface area (Å²) in [7, 11) is 0. The van der Waals surface area contributed by atoms with Crippen molar-refractivity contribution in [2.75, 3.05) is 12.3 Å². The summed E-state index contributed by atoms with van der Waals surface area (Å²) in [6.45, 7) is 6.29. The zero-order chi connectivity index (χ0) is 16.3. The van der Waals surface area contributed by atoms with Gasteiger partial charge in [-0.05, 0) is 13.8 Å². The molecule has 7 heteroatoms. The molecule has 0 saturated carbocycles. The number of rotatable bonds is 6. The molecule has 6 nitrogen and oxygen atoms in total. The fourth-order valence-corrected chi connectivity index (χ4v) is 3.73. The predicted octanol–water partition coefficient (Wildman–Crippen LogP) is 0.531. The number of nitrogen functional groups attached to an aromatic ring is 1. The maximum Gasteiger partial charge on any atom is 0.240 e. The minimum Gasteiger partial charge on any atom is -0.396 e. The van der Waals surface area contributed by atoms with Crippen molar-refractivity contribution in [3.8, 4) is 0 Å². The van der Waals surface area contributed by atoms with Gasteiger partial charge in [0, 0.05) is 26.1 Å². The molecule has 0 bridgehead atoms. The average molecular weight is 323 g/mol. The van der Waals surface area contributed by atoms with Gasteiger partial charge in [0.1, 0.15) is 11.6 Å². The van der Waals surface area contributed by atoms with E-state index in [9.17, 15) is 10.2 Å². The van der Waals surface area contributed by atoms with Crippen LogP contribution in [0.5, 0.6) is 0 Å². The fraction of sp³-hybridized carbons (Fsp3) is 0.533. The van der Waals surface area contributed by atoms with Gasteiger partial charge in [0.15, 0.2) is 12.2 Å². The fourth-order valence-electron chi connectivity index (χ4n) is 2.36. The summed E-state index contributed by atoms with van der Waals surface area (Å²) in [5.74, 6) is 1.13. The van der Waals surface area contributed by atoms with Gasteiger partial charge in [-0.3, -0.25) is 0 Å². The van der Waals surface area contributed by atoms with E-state index in [-0.39, 0.29) is 6.61 Å². The molecular formula is C15H23N4O2S+. The van der Waals surface area contributed by atoms with E-state index in [0.717, 1.165) is 21.1 Å². The molecule has 0 radical (unpaired) electrons. The lowest BCUT2D eigenvalue weighted by Gasteiger charge is -2.05. The maximum atomic E-state index is 9.71. The summed E-state index contributed by atoms with van der Waals surface area (Å²) in [5.41, 5.74) is 7.94. The Morgan fingerprint density at radius 1 is 1.41 bits per heavy atom. The minimum atomic E-state index is -0.419. The average Bonchev–Trinajstić information content (AvgIpc) is 2.70. The van der Waals surface area contributed by atoms with E-state index in [1.807, 2.05) is 6.92 Å². The second-order valence-corrected chi connectivity index (χ2v) is 6.61. The Kier molecular flexibility index (Phi) is 5.44. The first-order valence-corrected chi connectivity index (χ1v) is 8.12. The molecule has 0 fully saturated rings. The van der Waals surface area contributed by atoms with Crippen molar-refractivity contribution >= 4 is 17.2 Å². The van der Waals surface area contributed by atoms with Gasteiger partial charge in [-0.25, -0.2) is 9.97 Å². The molecule has 2 rings (SSSR count). The largest absolute Gasteiger partial charge is 0.396 e. The number of aryl methyl sites for hydroxylation is 1. The molecule has 1 atom stereocenters. The van der Waals surface area contributed by atoms with Crippen molar-refractivity contribution in [3.63, 3.8) is 0 Å². The molecule has 0 spiro atoms. The lowest BCUT2D eigenvalue weighted by atomic mass is 10.2. The van der Waals surface area contributed by atoms with E-state index in [4.69, 9.17) is 5.73 Å². The maximum absolute atomic E-state index is 9.71. The summed E-state index contributed by atoms with van der Waals surface area (Å²) in [6, 6.07) is 0. The Bertz CT molecular complexity index is 655. The van der Waals surface area contributed by atoms with E-state index in [2.05, 4.69) is 14.5 Å². The summed E-state index contributed by atoms with van der Waals surface area (Å²) in [5, 5.41) is 20.0. The van der Waals surface area contributed by atoms with Crippen LogP contribution in [0.15, 0.2) is 6.20 Å². The zero-order valence-electron chi connectivity index (χ0n) is 13.2. The Balaban J connectivity index is 2.39. The number of aliphatic hydroxyl groups is 2. The number of anilines is 1. The van der Waals surface area contributed by atoms with Gasteiger partial charge in [0.05, 0.1) is 23.0 Å². The second kappa shape index (κ2) is 7.13. The molecule has 2 aromatic heterocycles. The number of nitrogens with two attached hydrogens (primary N) is 1. The van der Waals surface area contributed by atoms with Crippen LogP contribution in [-0.4, -0.2) is 32.9 Å². The molecule has 1 unspecified atom stereocenters. The first-order chi connectivity index (χ1) is 10.4. The van der Waals surface area contributed by atoms with Crippen LogP contribution >= 0.6 is 11.3 Å². The minimum absolute atomic E-state index is 0.116. The molecule has 0 saturated heterocycles. The van der Waals surface area contributed by atoms with Gasteiger partial charge in [-0.2, -0.15) is 4.57 Å². The van der Waals surface area contributed by atoms with E-state index < -0.39 is 6.10 Å². The zero-order valence-corrected chi connectivity index (χ0v) is 14.0. The molecular weight excluding hydrogens is 300 g/mol. The van der Waals surface area contributed by atoms with E-state index in [1.54, 1.807) is 31.4 Å². The highest BCUT2D eigenvalue weighted by Gasteiger charge is 2.25. The summed E-state index contributed by atoms with van der Waals surface area (Å²) >= 11 is 1.63. The Hall–Kier alpha value is -1.57. The number of hydrogen-bond donors (Lipinski definition) is 3. The van der Waals surface area contributed by atoms with Crippen LogP contribution in [0, 0.1) is 13.8 Å². The predicted molar refractivity (Wildman–Crippen MR) is 85.7 cm³/mol. The summed E-state index contributed by atoms with van der Waals surface area (Å²) < 4.78 is 2.13. The van der Waals surface area contributed by atoms with Crippen molar-refractivity contribution in [2.45, 2.75) is 46.3 Å². The van der Waals surface area contributed by atoms with Gasteiger partial charge in [-0.1, -0.05) is 11.3 Å². The topological polar surface area (TPSA) is 96.1 Å². The monoisotopic (exact) mass is 323 g/mol. The van der Waals surface area contributed by atoms with E-state index in [0.29, 0.717) is 31.0 Å². The lowest BCUT2D eigenvalue weighted by molar-refractivity contribution is -0.696. The third-order valence-electron chi connectivity index (χ3n) is 3.51. The molecule has 120 valence electrons. The summed E-state index contributed by atoms with van der Waals surface area (Å²) in [4.78, 5) is 9.54.